The van der Waals surface area contributed by atoms with Gasteiger partial charge >= 0.3 is 0 Å². The molecule has 0 bridgehead atoms. The van der Waals surface area contributed by atoms with Crippen LogP contribution in [0, 0.1) is 29.1 Å². The molecule has 0 unspecified atom stereocenters. The summed E-state index contributed by atoms with van der Waals surface area (Å²) in [5.41, 5.74) is 1.34. The van der Waals surface area contributed by atoms with Crippen LogP contribution in [0.3, 0.4) is 0 Å². The van der Waals surface area contributed by atoms with Crippen molar-refractivity contribution in [1.82, 2.24) is 4.90 Å². The van der Waals surface area contributed by atoms with Gasteiger partial charge in [0.25, 0.3) is 0 Å². The van der Waals surface area contributed by atoms with Crippen LogP contribution in [0.4, 0.5) is 5.69 Å². The number of aliphatic hydroxyl groups excluding tert-OH is 1. The van der Waals surface area contributed by atoms with Crippen LogP contribution in [-0.2, 0) is 19.2 Å². The van der Waals surface area contributed by atoms with E-state index in [0.717, 1.165) is 43.2 Å². The fraction of sp³-hybridized carbons (Fsp3) is 0.486. The van der Waals surface area contributed by atoms with E-state index in [0.29, 0.717) is 24.3 Å². The fourth-order valence-corrected chi connectivity index (χ4v) is 8.86. The molecule has 3 aliphatic carbocycles. The first kappa shape index (κ1) is 28.0. The van der Waals surface area contributed by atoms with Gasteiger partial charge < -0.3 is 9.84 Å². The number of amides is 4. The molecule has 0 radical (unpaired) electrons. The van der Waals surface area contributed by atoms with Crippen LogP contribution in [0.5, 0.6) is 5.75 Å². The van der Waals surface area contributed by atoms with Crippen molar-refractivity contribution in [2.75, 3.05) is 18.1 Å². The van der Waals surface area contributed by atoms with E-state index in [2.05, 4.69) is 6.08 Å². The van der Waals surface area contributed by atoms with E-state index >= 15 is 0 Å². The van der Waals surface area contributed by atoms with Crippen molar-refractivity contribution in [3.63, 3.8) is 0 Å². The number of imide groups is 2. The molecule has 2 aromatic rings. The van der Waals surface area contributed by atoms with E-state index in [1.54, 1.807) is 17.0 Å². The van der Waals surface area contributed by atoms with Gasteiger partial charge in [-0.15, -0.1) is 0 Å². The standard InChI is InChI=1S/C35H38N2O6/c1-35-28(32(40)37(34(35)42)23-10-6-3-7-11-23)20-27-25(30(35)21-12-14-24(15-13-21)43-19-18-38)16-17-26-29(27)33(41)36(31(26)39)22-8-4-2-5-9-22/h3,6-7,10-16,22,26-30,38H,2,4-5,8-9,17-20H2,1H3/t26-,27+,28-,29-,30-,35+/m0/s1. The summed E-state index contributed by atoms with van der Waals surface area (Å²) in [5.74, 6) is -2.34. The number of fused-ring (bicyclic) bond motifs is 4. The molecular weight excluding hydrogens is 544 g/mol. The Morgan fingerprint density at radius 3 is 2.30 bits per heavy atom. The summed E-state index contributed by atoms with van der Waals surface area (Å²) in [7, 11) is 0. The minimum atomic E-state index is -1.07. The highest BCUT2D eigenvalue weighted by Crippen LogP contribution is 2.63. The number of para-hydroxylation sites is 1. The smallest absolute Gasteiger partial charge is 0.241 e. The number of hydrogen-bond acceptors (Lipinski definition) is 6. The molecule has 8 heteroatoms. The third-order valence-electron chi connectivity index (χ3n) is 10.8. The molecule has 5 aliphatic rings. The van der Waals surface area contributed by atoms with Gasteiger partial charge in [-0.05, 0) is 68.4 Å². The second kappa shape index (κ2) is 10.7. The summed E-state index contributed by atoms with van der Waals surface area (Å²) >= 11 is 0. The predicted octanol–water partition coefficient (Wildman–Crippen LogP) is 4.62. The summed E-state index contributed by atoms with van der Waals surface area (Å²) in [6, 6.07) is 16.5. The molecule has 2 heterocycles. The van der Waals surface area contributed by atoms with Crippen molar-refractivity contribution in [3.8, 4) is 5.75 Å². The number of carbonyl (C=O) groups excluding carboxylic acids is 4. The van der Waals surface area contributed by atoms with Gasteiger partial charge in [0, 0.05) is 12.0 Å². The van der Waals surface area contributed by atoms with Crippen molar-refractivity contribution >= 4 is 29.3 Å². The van der Waals surface area contributed by atoms with Crippen LogP contribution in [0.2, 0.25) is 0 Å². The Morgan fingerprint density at radius 1 is 0.884 bits per heavy atom. The maximum absolute atomic E-state index is 14.4. The number of benzene rings is 2. The molecule has 7 rings (SSSR count). The molecule has 43 heavy (non-hydrogen) atoms. The summed E-state index contributed by atoms with van der Waals surface area (Å²) in [6.07, 6.45) is 7.82. The Hall–Kier alpha value is -3.78. The largest absolute Gasteiger partial charge is 0.491 e. The lowest BCUT2D eigenvalue weighted by molar-refractivity contribution is -0.144. The average molecular weight is 583 g/mol. The summed E-state index contributed by atoms with van der Waals surface area (Å²) in [4.78, 5) is 59.5. The normalized spacial score (nSPS) is 32.4. The molecule has 0 spiro atoms. The van der Waals surface area contributed by atoms with Gasteiger partial charge in [0.15, 0.2) is 0 Å². The summed E-state index contributed by atoms with van der Waals surface area (Å²) in [5, 5.41) is 9.18. The van der Waals surface area contributed by atoms with E-state index in [1.807, 2.05) is 49.4 Å². The van der Waals surface area contributed by atoms with Crippen molar-refractivity contribution in [2.24, 2.45) is 29.1 Å². The molecule has 2 saturated heterocycles. The highest BCUT2D eigenvalue weighted by Gasteiger charge is 2.67. The van der Waals surface area contributed by atoms with Gasteiger partial charge in [0.2, 0.25) is 23.6 Å². The first-order valence-corrected chi connectivity index (χ1v) is 15.7. The van der Waals surface area contributed by atoms with E-state index in [9.17, 15) is 24.3 Å². The molecule has 2 aliphatic heterocycles. The van der Waals surface area contributed by atoms with E-state index < -0.39 is 29.1 Å². The summed E-state index contributed by atoms with van der Waals surface area (Å²) in [6.45, 7) is 1.98. The minimum absolute atomic E-state index is 0.0396. The quantitative estimate of drug-likeness (QED) is 0.394. The molecule has 1 N–H and O–H groups in total. The van der Waals surface area contributed by atoms with E-state index in [-0.39, 0.29) is 48.8 Å². The highest BCUT2D eigenvalue weighted by atomic mass is 16.5. The van der Waals surface area contributed by atoms with Gasteiger partial charge in [-0.25, -0.2) is 4.90 Å². The third-order valence-corrected chi connectivity index (χ3v) is 10.8. The Morgan fingerprint density at radius 2 is 1.60 bits per heavy atom. The lowest BCUT2D eigenvalue weighted by atomic mass is 9.51. The van der Waals surface area contributed by atoms with Gasteiger partial charge in [0.05, 0.1) is 35.5 Å². The molecule has 0 aromatic heterocycles. The molecule has 8 nitrogen and oxygen atoms in total. The van der Waals surface area contributed by atoms with Gasteiger partial charge in [0.1, 0.15) is 12.4 Å². The van der Waals surface area contributed by atoms with Crippen LogP contribution < -0.4 is 9.64 Å². The molecule has 4 fully saturated rings. The molecule has 224 valence electrons. The van der Waals surface area contributed by atoms with E-state index in [4.69, 9.17) is 4.74 Å². The zero-order chi connectivity index (χ0) is 29.9. The summed E-state index contributed by atoms with van der Waals surface area (Å²) < 4.78 is 5.60. The first-order valence-electron chi connectivity index (χ1n) is 15.7. The SMILES string of the molecule is C[C@@]12C(=O)N(c3ccccc3)C(=O)[C@@H]1C[C@@H]1C(=CC[C@@H]3C(=O)N(C4CCCCC4)C(=O)[C@@H]31)[C@@H]2c1ccc(OCCO)cc1. The number of nitrogens with zero attached hydrogens (tertiary/aromatic N) is 2. The van der Waals surface area contributed by atoms with Crippen molar-refractivity contribution < 1.29 is 29.0 Å². The highest BCUT2D eigenvalue weighted by molar-refractivity contribution is 6.24. The zero-order valence-corrected chi connectivity index (χ0v) is 24.5. The number of allylic oxidation sites excluding steroid dienone is 2. The van der Waals surface area contributed by atoms with Crippen LogP contribution in [-0.4, -0.2) is 52.9 Å². The topological polar surface area (TPSA) is 104 Å². The third kappa shape index (κ3) is 4.20. The zero-order valence-electron chi connectivity index (χ0n) is 24.5. The molecular formula is C35H38N2O6. The average Bonchev–Trinajstić information content (AvgIpc) is 3.40. The number of aliphatic hydroxyl groups is 1. The van der Waals surface area contributed by atoms with E-state index in [1.165, 1.54) is 4.90 Å². The minimum Gasteiger partial charge on any atom is -0.491 e. The maximum Gasteiger partial charge on any atom is 0.241 e. The monoisotopic (exact) mass is 582 g/mol. The van der Waals surface area contributed by atoms with Gasteiger partial charge in [-0.2, -0.15) is 0 Å². The Kier molecular flexibility index (Phi) is 7.00. The first-order chi connectivity index (χ1) is 20.9. The van der Waals surface area contributed by atoms with Crippen molar-refractivity contribution in [1.29, 1.82) is 0 Å². The van der Waals surface area contributed by atoms with Gasteiger partial charge in [-0.3, -0.25) is 24.1 Å². The number of carbonyl (C=O) groups is 4. The molecule has 2 saturated carbocycles. The van der Waals surface area contributed by atoms with Gasteiger partial charge in [-0.1, -0.05) is 61.2 Å². The fourth-order valence-electron chi connectivity index (χ4n) is 8.86. The molecule has 6 atom stereocenters. The molecule has 2 aromatic carbocycles. The Balaban J connectivity index is 1.32. The van der Waals surface area contributed by atoms with Crippen LogP contribution in [0.1, 0.15) is 63.4 Å². The number of likely N-dealkylation sites (tertiary alicyclic amines) is 1. The van der Waals surface area contributed by atoms with Crippen molar-refractivity contribution in [2.45, 2.75) is 63.8 Å². The Bertz CT molecular complexity index is 1480. The van der Waals surface area contributed by atoms with Crippen LogP contribution >= 0.6 is 0 Å². The number of ether oxygens (including phenoxy) is 1. The Labute approximate surface area is 251 Å². The number of anilines is 1. The van der Waals surface area contributed by atoms with Crippen molar-refractivity contribution in [3.05, 3.63) is 71.8 Å². The lowest BCUT2D eigenvalue weighted by Gasteiger charge is -2.49. The lowest BCUT2D eigenvalue weighted by Crippen LogP contribution is -2.49. The second-order valence-corrected chi connectivity index (χ2v) is 13.0. The maximum atomic E-state index is 14.4. The van der Waals surface area contributed by atoms with Crippen LogP contribution in [0.25, 0.3) is 0 Å². The second-order valence-electron chi connectivity index (χ2n) is 13.0. The van der Waals surface area contributed by atoms with Crippen LogP contribution in [0.15, 0.2) is 66.2 Å². The number of hydrogen-bond donors (Lipinski definition) is 1. The predicted molar refractivity (Wildman–Crippen MR) is 159 cm³/mol. The molecule has 4 amide bonds. The number of rotatable bonds is 6.